The van der Waals surface area contributed by atoms with Crippen LogP contribution < -0.4 is 16.6 Å². The van der Waals surface area contributed by atoms with Crippen LogP contribution in [0.2, 0.25) is 5.02 Å². The highest BCUT2D eigenvalue weighted by molar-refractivity contribution is 6.33. The van der Waals surface area contributed by atoms with Gasteiger partial charge in [0, 0.05) is 12.7 Å². The Morgan fingerprint density at radius 1 is 1.45 bits per heavy atom. The van der Waals surface area contributed by atoms with Crippen LogP contribution in [0.3, 0.4) is 0 Å². The number of anilines is 1. The van der Waals surface area contributed by atoms with Crippen LogP contribution >= 0.6 is 11.6 Å². The summed E-state index contributed by atoms with van der Waals surface area (Å²) < 4.78 is 0. The third kappa shape index (κ3) is 4.08. The quantitative estimate of drug-likeness (QED) is 0.428. The molecule has 5 nitrogen and oxygen atoms in total. The van der Waals surface area contributed by atoms with E-state index in [2.05, 4.69) is 15.7 Å². The van der Waals surface area contributed by atoms with Crippen LogP contribution in [0.5, 0.6) is 0 Å². The lowest BCUT2D eigenvalue weighted by atomic mass is 10.0. The van der Waals surface area contributed by atoms with Gasteiger partial charge in [0.25, 0.3) is 5.91 Å². The zero-order valence-electron chi connectivity index (χ0n) is 11.5. The summed E-state index contributed by atoms with van der Waals surface area (Å²) in [6, 6.07) is 1.57. The van der Waals surface area contributed by atoms with Gasteiger partial charge in [0.2, 0.25) is 0 Å². The highest BCUT2D eigenvalue weighted by Crippen LogP contribution is 2.28. The summed E-state index contributed by atoms with van der Waals surface area (Å²) in [6.45, 7) is 0.698. The van der Waals surface area contributed by atoms with Crippen LogP contribution in [0.25, 0.3) is 0 Å². The third-order valence-corrected chi connectivity index (χ3v) is 4.08. The van der Waals surface area contributed by atoms with Crippen molar-refractivity contribution >= 4 is 23.3 Å². The number of hydrogen-bond acceptors (Lipinski definition) is 4. The summed E-state index contributed by atoms with van der Waals surface area (Å²) in [5.74, 6) is 6.32. The molecule has 1 aliphatic carbocycles. The number of carbonyl (C=O) groups is 1. The maximum absolute atomic E-state index is 11.9. The average Bonchev–Trinajstić information content (AvgIpc) is 2.96. The topological polar surface area (TPSA) is 80.0 Å². The second kappa shape index (κ2) is 7.45. The first-order valence-electron chi connectivity index (χ1n) is 7.11. The monoisotopic (exact) mass is 296 g/mol. The molecule has 1 amide bonds. The van der Waals surface area contributed by atoms with Crippen LogP contribution in [0.15, 0.2) is 12.3 Å². The van der Waals surface area contributed by atoms with E-state index >= 15 is 0 Å². The molecule has 1 fully saturated rings. The molecular weight excluding hydrogens is 276 g/mol. The Labute approximate surface area is 124 Å². The molecule has 1 aliphatic rings. The Balaban J connectivity index is 1.75. The van der Waals surface area contributed by atoms with E-state index in [1.165, 1.54) is 38.3 Å². The van der Waals surface area contributed by atoms with Gasteiger partial charge in [-0.25, -0.2) is 10.8 Å². The fourth-order valence-corrected chi connectivity index (χ4v) is 2.88. The van der Waals surface area contributed by atoms with E-state index in [0.29, 0.717) is 22.9 Å². The molecule has 0 atom stereocenters. The Morgan fingerprint density at radius 2 is 2.20 bits per heavy atom. The van der Waals surface area contributed by atoms with Gasteiger partial charge < -0.3 is 10.7 Å². The number of aromatic nitrogens is 1. The fourth-order valence-electron chi connectivity index (χ4n) is 2.66. The first kappa shape index (κ1) is 15.1. The number of rotatable bonds is 6. The van der Waals surface area contributed by atoms with Crippen LogP contribution in [0.1, 0.15) is 48.9 Å². The standard InChI is InChI=1S/C14H21ClN4O/c15-12-8-11(9-18-13(12)19-16)14(20)17-7-3-6-10-4-1-2-5-10/h8-10H,1-7,16H2,(H,17,20)(H,18,19). The number of nitrogens with two attached hydrogens (primary N) is 1. The first-order chi connectivity index (χ1) is 9.70. The van der Waals surface area contributed by atoms with Crippen molar-refractivity contribution < 1.29 is 4.79 Å². The van der Waals surface area contributed by atoms with E-state index in [4.69, 9.17) is 17.4 Å². The predicted octanol–water partition coefficient (Wildman–Crippen LogP) is 2.72. The number of halogens is 1. The van der Waals surface area contributed by atoms with Crippen molar-refractivity contribution in [3.63, 3.8) is 0 Å². The smallest absolute Gasteiger partial charge is 0.252 e. The molecule has 0 aliphatic heterocycles. The Bertz CT molecular complexity index is 460. The largest absolute Gasteiger partial charge is 0.352 e. The molecule has 1 aromatic heterocycles. The van der Waals surface area contributed by atoms with Crippen molar-refractivity contribution in [3.8, 4) is 0 Å². The first-order valence-corrected chi connectivity index (χ1v) is 7.49. The Morgan fingerprint density at radius 3 is 2.85 bits per heavy atom. The third-order valence-electron chi connectivity index (χ3n) is 3.79. The molecule has 0 bridgehead atoms. The maximum atomic E-state index is 11.9. The molecule has 0 spiro atoms. The minimum Gasteiger partial charge on any atom is -0.352 e. The fraction of sp³-hybridized carbons (Fsp3) is 0.571. The lowest BCUT2D eigenvalue weighted by Crippen LogP contribution is -2.25. The number of nitrogens with zero attached hydrogens (tertiary/aromatic N) is 1. The second-order valence-electron chi connectivity index (χ2n) is 5.25. The van der Waals surface area contributed by atoms with Crippen LogP contribution in [0.4, 0.5) is 5.82 Å². The molecule has 1 heterocycles. The van der Waals surface area contributed by atoms with E-state index in [1.807, 2.05) is 0 Å². The molecule has 1 saturated carbocycles. The second-order valence-corrected chi connectivity index (χ2v) is 5.65. The van der Waals surface area contributed by atoms with Crippen molar-refractivity contribution in [2.75, 3.05) is 12.0 Å². The van der Waals surface area contributed by atoms with Gasteiger partial charge in [-0.05, 0) is 24.8 Å². The van der Waals surface area contributed by atoms with Gasteiger partial charge in [-0.15, -0.1) is 0 Å². The molecule has 1 aromatic rings. The lowest BCUT2D eigenvalue weighted by molar-refractivity contribution is 0.0952. The number of nitrogen functional groups attached to an aromatic ring is 1. The molecule has 6 heteroatoms. The van der Waals surface area contributed by atoms with Crippen LogP contribution in [0, 0.1) is 5.92 Å². The van der Waals surface area contributed by atoms with Crippen LogP contribution in [-0.2, 0) is 0 Å². The number of pyridine rings is 1. The molecule has 0 saturated heterocycles. The van der Waals surface area contributed by atoms with Gasteiger partial charge in [0.1, 0.15) is 0 Å². The van der Waals surface area contributed by atoms with E-state index in [1.54, 1.807) is 6.07 Å². The number of amides is 1. The number of hydrogen-bond donors (Lipinski definition) is 3. The SMILES string of the molecule is NNc1ncc(C(=O)NCCCC2CCCC2)cc1Cl. The van der Waals surface area contributed by atoms with Gasteiger partial charge in [-0.2, -0.15) is 0 Å². The highest BCUT2D eigenvalue weighted by Gasteiger charge is 2.14. The van der Waals surface area contributed by atoms with Gasteiger partial charge in [-0.1, -0.05) is 37.3 Å². The summed E-state index contributed by atoms with van der Waals surface area (Å²) >= 11 is 5.94. The molecule has 110 valence electrons. The minimum absolute atomic E-state index is 0.144. The molecule has 0 unspecified atom stereocenters. The zero-order chi connectivity index (χ0) is 14.4. The van der Waals surface area contributed by atoms with E-state index < -0.39 is 0 Å². The van der Waals surface area contributed by atoms with Gasteiger partial charge in [-0.3, -0.25) is 4.79 Å². The summed E-state index contributed by atoms with van der Waals surface area (Å²) in [5.41, 5.74) is 2.82. The van der Waals surface area contributed by atoms with E-state index in [0.717, 1.165) is 12.3 Å². The molecule has 0 aromatic carbocycles. The summed E-state index contributed by atoms with van der Waals surface area (Å²) in [5, 5.41) is 3.24. The number of nitrogens with one attached hydrogen (secondary N) is 2. The summed E-state index contributed by atoms with van der Waals surface area (Å²) in [6.07, 6.45) is 9.12. The van der Waals surface area contributed by atoms with Crippen molar-refractivity contribution in [1.82, 2.24) is 10.3 Å². The maximum Gasteiger partial charge on any atom is 0.252 e. The van der Waals surface area contributed by atoms with Gasteiger partial charge in [0.15, 0.2) is 5.82 Å². The molecule has 20 heavy (non-hydrogen) atoms. The highest BCUT2D eigenvalue weighted by atomic mass is 35.5. The Kier molecular flexibility index (Phi) is 5.61. The lowest BCUT2D eigenvalue weighted by Gasteiger charge is -2.10. The van der Waals surface area contributed by atoms with E-state index in [9.17, 15) is 4.79 Å². The minimum atomic E-state index is -0.144. The van der Waals surface area contributed by atoms with Crippen molar-refractivity contribution in [3.05, 3.63) is 22.8 Å². The van der Waals surface area contributed by atoms with Crippen molar-refractivity contribution in [1.29, 1.82) is 0 Å². The summed E-state index contributed by atoms with van der Waals surface area (Å²) in [4.78, 5) is 15.9. The summed E-state index contributed by atoms with van der Waals surface area (Å²) in [7, 11) is 0. The molecular formula is C14H21ClN4O. The Hall–Kier alpha value is -1.33. The normalized spacial score (nSPS) is 15.3. The van der Waals surface area contributed by atoms with Gasteiger partial charge >= 0.3 is 0 Å². The van der Waals surface area contributed by atoms with Crippen LogP contribution in [-0.4, -0.2) is 17.4 Å². The zero-order valence-corrected chi connectivity index (χ0v) is 12.2. The van der Waals surface area contributed by atoms with Crippen molar-refractivity contribution in [2.45, 2.75) is 38.5 Å². The number of hydrazine groups is 1. The molecule has 4 N–H and O–H groups in total. The van der Waals surface area contributed by atoms with Gasteiger partial charge in [0.05, 0.1) is 10.6 Å². The molecule has 2 rings (SSSR count). The average molecular weight is 297 g/mol. The molecule has 0 radical (unpaired) electrons. The number of carbonyl (C=O) groups excluding carboxylic acids is 1. The predicted molar refractivity (Wildman–Crippen MR) is 80.6 cm³/mol. The van der Waals surface area contributed by atoms with Crippen molar-refractivity contribution in [2.24, 2.45) is 11.8 Å². The van der Waals surface area contributed by atoms with E-state index in [-0.39, 0.29) is 5.91 Å².